The minimum absolute atomic E-state index is 0.0618. The molecular weight excluding hydrogens is 430 g/mol. The summed E-state index contributed by atoms with van der Waals surface area (Å²) in [7, 11) is 3.66. The predicted octanol–water partition coefficient (Wildman–Crippen LogP) is 3.16. The molecular formula is C27H35N3O4. The number of piperidine rings is 1. The molecule has 0 N–H and O–H groups in total. The first kappa shape index (κ1) is 24.1. The average molecular weight is 466 g/mol. The fourth-order valence-corrected chi connectivity index (χ4v) is 4.93. The van der Waals surface area contributed by atoms with E-state index in [9.17, 15) is 9.59 Å². The number of nitrogens with zero attached hydrogens (tertiary/aromatic N) is 3. The van der Waals surface area contributed by atoms with Gasteiger partial charge in [0.15, 0.2) is 0 Å². The number of amides is 2. The Morgan fingerprint density at radius 3 is 2.35 bits per heavy atom. The molecule has 182 valence electrons. The third kappa shape index (κ3) is 5.70. The third-order valence-electron chi connectivity index (χ3n) is 6.96. The quantitative estimate of drug-likeness (QED) is 0.629. The highest BCUT2D eigenvalue weighted by Gasteiger charge is 2.41. The van der Waals surface area contributed by atoms with E-state index < -0.39 is 5.41 Å². The minimum Gasteiger partial charge on any atom is -0.496 e. The number of piperazine rings is 1. The van der Waals surface area contributed by atoms with Crippen LogP contribution in [0.5, 0.6) is 11.5 Å². The Morgan fingerprint density at radius 1 is 0.912 bits per heavy atom. The second-order valence-corrected chi connectivity index (χ2v) is 9.49. The van der Waals surface area contributed by atoms with Gasteiger partial charge in [-0.2, -0.15) is 0 Å². The molecule has 0 saturated carbocycles. The second-order valence-electron chi connectivity index (χ2n) is 9.49. The molecule has 2 aliphatic heterocycles. The number of likely N-dealkylation sites (tertiary alicyclic amines) is 1. The zero-order chi connectivity index (χ0) is 24.0. The van der Waals surface area contributed by atoms with Crippen molar-refractivity contribution in [3.8, 4) is 11.5 Å². The van der Waals surface area contributed by atoms with Crippen LogP contribution in [-0.2, 0) is 4.79 Å². The van der Waals surface area contributed by atoms with Crippen LogP contribution in [-0.4, -0.2) is 86.5 Å². The molecule has 2 aromatic rings. The van der Waals surface area contributed by atoms with Crippen molar-refractivity contribution in [2.75, 3.05) is 60.0 Å². The Balaban J connectivity index is 1.53. The molecule has 0 aromatic heterocycles. The summed E-state index contributed by atoms with van der Waals surface area (Å²) in [6.07, 6.45) is 2.04. The van der Waals surface area contributed by atoms with E-state index in [2.05, 4.69) is 11.9 Å². The Morgan fingerprint density at radius 2 is 1.62 bits per heavy atom. The van der Waals surface area contributed by atoms with Crippen LogP contribution in [0.2, 0.25) is 0 Å². The maximum atomic E-state index is 13.5. The molecule has 2 aromatic carbocycles. The summed E-state index contributed by atoms with van der Waals surface area (Å²) >= 11 is 0. The number of likely N-dealkylation sites (N-methyl/N-ethyl adjacent to an activating group) is 1. The third-order valence-corrected chi connectivity index (χ3v) is 6.96. The van der Waals surface area contributed by atoms with Crippen LogP contribution in [0.25, 0.3) is 0 Å². The fourth-order valence-electron chi connectivity index (χ4n) is 4.93. The summed E-state index contributed by atoms with van der Waals surface area (Å²) in [6, 6.07) is 17.0. The molecule has 0 radical (unpaired) electrons. The van der Waals surface area contributed by atoms with Crippen molar-refractivity contribution < 1.29 is 19.1 Å². The number of carbonyl (C=O) groups is 2. The maximum Gasteiger partial charge on any atom is 0.257 e. The number of para-hydroxylation sites is 2. The molecule has 1 atom stereocenters. The molecule has 34 heavy (non-hydrogen) atoms. The number of hydrogen-bond acceptors (Lipinski definition) is 5. The molecule has 4 rings (SSSR count). The Hall–Kier alpha value is -3.06. The van der Waals surface area contributed by atoms with Crippen molar-refractivity contribution in [1.82, 2.24) is 14.7 Å². The van der Waals surface area contributed by atoms with Crippen LogP contribution in [0.1, 0.15) is 29.6 Å². The van der Waals surface area contributed by atoms with E-state index in [0.717, 1.165) is 44.8 Å². The first-order valence-corrected chi connectivity index (χ1v) is 12.1. The van der Waals surface area contributed by atoms with Crippen molar-refractivity contribution in [2.45, 2.75) is 19.3 Å². The Bertz CT molecular complexity index is 975. The monoisotopic (exact) mass is 465 g/mol. The van der Waals surface area contributed by atoms with E-state index in [4.69, 9.17) is 9.47 Å². The van der Waals surface area contributed by atoms with Gasteiger partial charge in [-0.1, -0.05) is 30.3 Å². The lowest BCUT2D eigenvalue weighted by Crippen LogP contribution is -2.53. The Kier molecular flexibility index (Phi) is 7.73. The molecule has 2 saturated heterocycles. The topological polar surface area (TPSA) is 62.3 Å². The number of hydrogen-bond donors (Lipinski definition) is 0. The zero-order valence-corrected chi connectivity index (χ0v) is 20.2. The molecule has 2 amide bonds. The summed E-state index contributed by atoms with van der Waals surface area (Å²) in [4.78, 5) is 32.9. The molecule has 0 spiro atoms. The number of methoxy groups -OCH3 is 1. The lowest BCUT2D eigenvalue weighted by Gasteiger charge is -2.43. The van der Waals surface area contributed by atoms with E-state index in [1.54, 1.807) is 19.2 Å². The Labute approximate surface area is 202 Å². The van der Waals surface area contributed by atoms with E-state index >= 15 is 0 Å². The van der Waals surface area contributed by atoms with Gasteiger partial charge >= 0.3 is 0 Å². The summed E-state index contributed by atoms with van der Waals surface area (Å²) in [6.45, 7) is 4.80. The lowest BCUT2D eigenvalue weighted by molar-refractivity contribution is -0.137. The highest BCUT2D eigenvalue weighted by Crippen LogP contribution is 2.36. The molecule has 2 heterocycles. The molecule has 2 aliphatic rings. The summed E-state index contributed by atoms with van der Waals surface area (Å²) < 4.78 is 11.6. The van der Waals surface area contributed by atoms with Crippen molar-refractivity contribution in [3.63, 3.8) is 0 Å². The van der Waals surface area contributed by atoms with Gasteiger partial charge in [0.05, 0.1) is 19.3 Å². The highest BCUT2D eigenvalue weighted by molar-refractivity contribution is 5.97. The van der Waals surface area contributed by atoms with Crippen LogP contribution in [0.3, 0.4) is 0 Å². The summed E-state index contributed by atoms with van der Waals surface area (Å²) in [5.41, 5.74) is 0.113. The van der Waals surface area contributed by atoms with Gasteiger partial charge in [-0.25, -0.2) is 0 Å². The molecule has 7 nitrogen and oxygen atoms in total. The average Bonchev–Trinajstić information content (AvgIpc) is 2.88. The number of rotatable bonds is 7. The van der Waals surface area contributed by atoms with Gasteiger partial charge in [-0.3, -0.25) is 9.59 Å². The normalized spacial score (nSPS) is 21.2. The highest BCUT2D eigenvalue weighted by atomic mass is 16.5. The van der Waals surface area contributed by atoms with Crippen molar-refractivity contribution in [3.05, 3.63) is 60.2 Å². The maximum absolute atomic E-state index is 13.5. The standard InChI is InChI=1S/C27H35N3O4/c1-28-15-17-29(18-16-28)25(31)19-27(21-34-22-9-4-3-5-10-22)13-8-14-30(20-27)26(32)23-11-6-7-12-24(23)33-2/h3-7,9-12H,8,13-21H2,1-2H3/t27-/m1/s1. The predicted molar refractivity (Wildman–Crippen MR) is 131 cm³/mol. The summed E-state index contributed by atoms with van der Waals surface area (Å²) in [5, 5.41) is 0. The largest absolute Gasteiger partial charge is 0.496 e. The van der Waals surface area contributed by atoms with Gasteiger partial charge in [-0.05, 0) is 44.2 Å². The fraction of sp³-hybridized carbons (Fsp3) is 0.481. The van der Waals surface area contributed by atoms with Crippen LogP contribution >= 0.6 is 0 Å². The van der Waals surface area contributed by atoms with E-state index in [1.807, 2.05) is 52.3 Å². The molecule has 0 bridgehead atoms. The zero-order valence-electron chi connectivity index (χ0n) is 20.2. The van der Waals surface area contributed by atoms with E-state index in [-0.39, 0.29) is 11.8 Å². The van der Waals surface area contributed by atoms with Gasteiger partial charge in [0.2, 0.25) is 5.91 Å². The van der Waals surface area contributed by atoms with Gasteiger partial charge in [-0.15, -0.1) is 0 Å². The van der Waals surface area contributed by atoms with E-state index in [0.29, 0.717) is 37.4 Å². The first-order chi connectivity index (χ1) is 16.5. The summed E-state index contributed by atoms with van der Waals surface area (Å²) in [5.74, 6) is 1.43. The SMILES string of the molecule is COc1ccccc1C(=O)N1CCC[C@@](COc2ccccc2)(CC(=O)N2CCN(C)CC2)C1. The first-order valence-electron chi connectivity index (χ1n) is 12.1. The number of benzene rings is 2. The van der Waals surface area contributed by atoms with Gasteiger partial charge in [0.1, 0.15) is 11.5 Å². The van der Waals surface area contributed by atoms with Gasteiger partial charge < -0.3 is 24.2 Å². The molecule has 2 fully saturated rings. The van der Waals surface area contributed by atoms with E-state index in [1.165, 1.54) is 0 Å². The number of ether oxygens (including phenoxy) is 2. The number of carbonyl (C=O) groups excluding carboxylic acids is 2. The van der Waals surface area contributed by atoms with Crippen molar-refractivity contribution in [2.24, 2.45) is 5.41 Å². The van der Waals surface area contributed by atoms with Gasteiger partial charge in [0, 0.05) is 51.1 Å². The molecule has 7 heteroatoms. The second kappa shape index (κ2) is 10.9. The van der Waals surface area contributed by atoms with Crippen LogP contribution in [0.15, 0.2) is 54.6 Å². The van der Waals surface area contributed by atoms with Crippen LogP contribution < -0.4 is 9.47 Å². The van der Waals surface area contributed by atoms with Gasteiger partial charge in [0.25, 0.3) is 5.91 Å². The molecule has 0 unspecified atom stereocenters. The van der Waals surface area contributed by atoms with Crippen molar-refractivity contribution in [1.29, 1.82) is 0 Å². The minimum atomic E-state index is -0.438. The van der Waals surface area contributed by atoms with Crippen molar-refractivity contribution >= 4 is 11.8 Å². The molecule has 0 aliphatic carbocycles. The van der Waals surface area contributed by atoms with Crippen LogP contribution in [0.4, 0.5) is 0 Å². The van der Waals surface area contributed by atoms with Crippen LogP contribution in [0, 0.1) is 5.41 Å². The smallest absolute Gasteiger partial charge is 0.257 e. The lowest BCUT2D eigenvalue weighted by atomic mass is 9.77.